The number of thioether (sulfide) groups is 1. The lowest BCUT2D eigenvalue weighted by Gasteiger charge is -2.22. The van der Waals surface area contributed by atoms with Gasteiger partial charge in [-0.15, -0.1) is 11.8 Å². The minimum Gasteiger partial charge on any atom is -0.480 e. The monoisotopic (exact) mass is 480 g/mol. The third-order valence-electron chi connectivity index (χ3n) is 7.16. The number of amides is 2. The average molecular weight is 481 g/mol. The predicted molar refractivity (Wildman–Crippen MR) is 130 cm³/mol. The van der Waals surface area contributed by atoms with Crippen LogP contribution in [0, 0.1) is 5.92 Å². The second kappa shape index (κ2) is 9.70. The highest BCUT2D eigenvalue weighted by Gasteiger charge is 2.37. The number of aliphatic carboxylic acids is 1. The molecule has 7 nitrogen and oxygen atoms in total. The number of alkyl carbamates (subject to hydrolysis) is 1. The summed E-state index contributed by atoms with van der Waals surface area (Å²) in [4.78, 5) is 38.0. The summed E-state index contributed by atoms with van der Waals surface area (Å²) in [6.07, 6.45) is 2.22. The first-order valence-electron chi connectivity index (χ1n) is 11.7. The summed E-state index contributed by atoms with van der Waals surface area (Å²) >= 11 is 1.47. The van der Waals surface area contributed by atoms with E-state index < -0.39 is 18.1 Å². The van der Waals surface area contributed by atoms with Gasteiger partial charge in [-0.3, -0.25) is 4.79 Å². The molecule has 34 heavy (non-hydrogen) atoms. The van der Waals surface area contributed by atoms with E-state index in [1.807, 2.05) is 24.3 Å². The maximum atomic E-state index is 12.6. The van der Waals surface area contributed by atoms with Gasteiger partial charge in [0.1, 0.15) is 12.6 Å². The molecule has 2 aromatic rings. The molecule has 8 heteroatoms. The topological polar surface area (TPSA) is 95.9 Å². The number of benzene rings is 2. The van der Waals surface area contributed by atoms with Crippen LogP contribution in [-0.4, -0.2) is 58.3 Å². The van der Waals surface area contributed by atoms with E-state index >= 15 is 0 Å². The Kier molecular flexibility index (Phi) is 6.50. The molecule has 2 aliphatic carbocycles. The van der Waals surface area contributed by atoms with Crippen LogP contribution < -0.4 is 5.32 Å². The van der Waals surface area contributed by atoms with Crippen molar-refractivity contribution in [2.45, 2.75) is 43.7 Å². The smallest absolute Gasteiger partial charge is 0.407 e. The summed E-state index contributed by atoms with van der Waals surface area (Å²) in [5.41, 5.74) is 4.74. The number of nitrogens with one attached hydrogen (secondary N) is 1. The number of hydrogen-bond acceptors (Lipinski definition) is 5. The van der Waals surface area contributed by atoms with Crippen LogP contribution in [0.1, 0.15) is 42.7 Å². The van der Waals surface area contributed by atoms with Gasteiger partial charge in [0.05, 0.1) is 5.88 Å². The normalized spacial score (nSPS) is 23.4. The van der Waals surface area contributed by atoms with E-state index in [-0.39, 0.29) is 30.4 Å². The van der Waals surface area contributed by atoms with E-state index in [1.54, 1.807) is 0 Å². The fraction of sp³-hybridized carbons (Fsp3) is 0.423. The Morgan fingerprint density at radius 1 is 1.03 bits per heavy atom. The van der Waals surface area contributed by atoms with Crippen molar-refractivity contribution in [2.75, 3.05) is 18.2 Å². The zero-order chi connectivity index (χ0) is 23.7. The Balaban J connectivity index is 1.12. The molecule has 1 heterocycles. The summed E-state index contributed by atoms with van der Waals surface area (Å²) in [6.45, 7) is 0.275. The van der Waals surface area contributed by atoms with Crippen LogP contribution >= 0.6 is 11.8 Å². The molecule has 2 amide bonds. The average Bonchev–Trinajstić information content (AvgIpc) is 3.56. The number of rotatable bonds is 6. The van der Waals surface area contributed by atoms with Gasteiger partial charge in [0, 0.05) is 24.1 Å². The van der Waals surface area contributed by atoms with Gasteiger partial charge in [0.2, 0.25) is 5.91 Å². The minimum absolute atomic E-state index is 0.0209. The van der Waals surface area contributed by atoms with Crippen LogP contribution in [0.5, 0.6) is 0 Å². The molecule has 3 atom stereocenters. The molecule has 0 spiro atoms. The standard InChI is InChI=1S/C26H28N2O5S/c29-24(28-15-34-14-23(28)25(30)31)12-16-9-10-17(11-16)27-26(32)33-13-22-20-7-3-1-5-18(20)19-6-2-4-8-21(19)22/h1-8,16-17,22-23H,9-15H2,(H,27,32)(H,30,31)/t16-,17+,23?/m1/s1. The molecule has 1 saturated carbocycles. The van der Waals surface area contributed by atoms with Gasteiger partial charge in [-0.2, -0.15) is 0 Å². The molecule has 178 valence electrons. The second-order valence-corrected chi connectivity index (χ2v) is 10.3. The quantitative estimate of drug-likeness (QED) is 0.647. The van der Waals surface area contributed by atoms with Crippen molar-refractivity contribution in [1.82, 2.24) is 10.2 Å². The molecule has 0 bridgehead atoms. The fourth-order valence-electron chi connectivity index (χ4n) is 5.46. The Morgan fingerprint density at radius 3 is 2.38 bits per heavy atom. The van der Waals surface area contributed by atoms with Crippen molar-refractivity contribution >= 4 is 29.7 Å². The fourth-order valence-corrected chi connectivity index (χ4v) is 6.63. The molecular formula is C26H28N2O5S. The lowest BCUT2D eigenvalue weighted by atomic mass is 9.98. The van der Waals surface area contributed by atoms with Crippen LogP contribution in [0.25, 0.3) is 11.1 Å². The molecule has 1 saturated heterocycles. The van der Waals surface area contributed by atoms with E-state index in [4.69, 9.17) is 4.74 Å². The molecule has 5 rings (SSSR count). The number of carboxylic acid groups (broad SMARTS) is 1. The van der Waals surface area contributed by atoms with Crippen molar-refractivity contribution < 1.29 is 24.2 Å². The number of nitrogens with zero attached hydrogens (tertiary/aromatic N) is 1. The molecule has 0 aromatic heterocycles. The van der Waals surface area contributed by atoms with Crippen LogP contribution in [0.3, 0.4) is 0 Å². The van der Waals surface area contributed by atoms with Crippen molar-refractivity contribution in [3.63, 3.8) is 0 Å². The Hall–Kier alpha value is -3.00. The van der Waals surface area contributed by atoms with Crippen molar-refractivity contribution in [1.29, 1.82) is 0 Å². The second-order valence-electron chi connectivity index (χ2n) is 9.27. The summed E-state index contributed by atoms with van der Waals surface area (Å²) in [7, 11) is 0. The summed E-state index contributed by atoms with van der Waals surface area (Å²) in [5.74, 6) is -0.00965. The Bertz CT molecular complexity index is 1060. The van der Waals surface area contributed by atoms with Crippen LogP contribution in [0.15, 0.2) is 48.5 Å². The Morgan fingerprint density at radius 2 is 1.71 bits per heavy atom. The molecule has 2 fully saturated rings. The number of carboxylic acids is 1. The third kappa shape index (κ3) is 4.51. The first kappa shape index (κ1) is 22.8. The molecule has 2 aromatic carbocycles. The lowest BCUT2D eigenvalue weighted by molar-refractivity contribution is -0.148. The highest BCUT2D eigenvalue weighted by atomic mass is 32.2. The largest absolute Gasteiger partial charge is 0.480 e. The lowest BCUT2D eigenvalue weighted by Crippen LogP contribution is -2.42. The number of hydrogen-bond donors (Lipinski definition) is 2. The molecule has 3 aliphatic rings. The van der Waals surface area contributed by atoms with Crippen molar-refractivity contribution in [2.24, 2.45) is 5.92 Å². The van der Waals surface area contributed by atoms with Gasteiger partial charge in [0.25, 0.3) is 0 Å². The number of fused-ring (bicyclic) bond motifs is 3. The van der Waals surface area contributed by atoms with Gasteiger partial charge in [-0.25, -0.2) is 9.59 Å². The van der Waals surface area contributed by atoms with Crippen LogP contribution in [0.4, 0.5) is 4.79 Å². The first-order chi connectivity index (χ1) is 16.5. The molecule has 0 radical (unpaired) electrons. The predicted octanol–water partition coefficient (Wildman–Crippen LogP) is 4.07. The third-order valence-corrected chi connectivity index (χ3v) is 8.17. The molecule has 1 aliphatic heterocycles. The Labute approximate surface area is 202 Å². The van der Waals surface area contributed by atoms with E-state index in [9.17, 15) is 19.5 Å². The minimum atomic E-state index is -0.945. The zero-order valence-electron chi connectivity index (χ0n) is 18.8. The highest BCUT2D eigenvalue weighted by Crippen LogP contribution is 2.44. The maximum absolute atomic E-state index is 12.6. The van der Waals surface area contributed by atoms with Gasteiger partial charge >= 0.3 is 12.1 Å². The van der Waals surface area contributed by atoms with E-state index in [0.29, 0.717) is 24.5 Å². The van der Waals surface area contributed by atoms with Gasteiger partial charge in [0.15, 0.2) is 0 Å². The van der Waals surface area contributed by atoms with E-state index in [0.717, 1.165) is 12.8 Å². The number of carbonyl (C=O) groups excluding carboxylic acids is 2. The van der Waals surface area contributed by atoms with Gasteiger partial charge in [-0.05, 0) is 47.4 Å². The summed E-state index contributed by atoms with van der Waals surface area (Å²) in [5, 5.41) is 12.3. The van der Waals surface area contributed by atoms with Crippen molar-refractivity contribution in [3.8, 4) is 11.1 Å². The van der Waals surface area contributed by atoms with E-state index in [2.05, 4.69) is 29.6 Å². The van der Waals surface area contributed by atoms with Crippen molar-refractivity contribution in [3.05, 3.63) is 59.7 Å². The zero-order valence-corrected chi connectivity index (χ0v) is 19.6. The number of ether oxygens (including phenoxy) is 1. The maximum Gasteiger partial charge on any atom is 0.407 e. The molecule has 1 unspecified atom stereocenters. The first-order valence-corrected chi connectivity index (χ1v) is 12.9. The molecular weight excluding hydrogens is 452 g/mol. The van der Waals surface area contributed by atoms with Crippen LogP contribution in [0.2, 0.25) is 0 Å². The molecule has 2 N–H and O–H groups in total. The van der Waals surface area contributed by atoms with Gasteiger partial charge in [-0.1, -0.05) is 48.5 Å². The SMILES string of the molecule is O=C(N[C@H]1CC[C@@H](CC(=O)N2CSCC2C(=O)O)C1)OCC1c2ccccc2-c2ccccc21. The van der Waals surface area contributed by atoms with Gasteiger partial charge < -0.3 is 20.1 Å². The highest BCUT2D eigenvalue weighted by molar-refractivity contribution is 7.99. The summed E-state index contributed by atoms with van der Waals surface area (Å²) < 4.78 is 5.65. The summed E-state index contributed by atoms with van der Waals surface area (Å²) in [6, 6.07) is 15.7. The number of carbonyl (C=O) groups is 3. The van der Waals surface area contributed by atoms with Crippen LogP contribution in [-0.2, 0) is 14.3 Å². The van der Waals surface area contributed by atoms with E-state index in [1.165, 1.54) is 38.9 Å².